The molecular formula is C19H13ClN2O4S2. The number of nitrogens with one attached hydrogen (secondary N) is 1. The average molecular weight is 433 g/mol. The van der Waals surface area contributed by atoms with Crippen molar-refractivity contribution < 1.29 is 19.1 Å². The fourth-order valence-electron chi connectivity index (χ4n) is 2.32. The molecule has 142 valence electrons. The molecule has 28 heavy (non-hydrogen) atoms. The van der Waals surface area contributed by atoms with E-state index in [-0.39, 0.29) is 4.32 Å². The molecule has 2 amide bonds. The molecule has 0 bridgehead atoms. The molecule has 0 aliphatic carbocycles. The summed E-state index contributed by atoms with van der Waals surface area (Å²) >= 11 is 12.1. The number of thioether (sulfide) groups is 1. The quantitative estimate of drug-likeness (QED) is 0.451. The summed E-state index contributed by atoms with van der Waals surface area (Å²) in [6.07, 6.45) is 1.63. The molecule has 3 rings (SSSR count). The monoisotopic (exact) mass is 432 g/mol. The number of hydrogen-bond acceptors (Lipinski definition) is 6. The SMILES string of the molecule is COC(=O)c1ccc(/C=C2\SC(=S)N(NC(=O)c3ccc(Cl)cc3)C2=O)cc1. The summed E-state index contributed by atoms with van der Waals surface area (Å²) in [5, 5.41) is 1.54. The van der Waals surface area contributed by atoms with Crippen LogP contribution in [0.2, 0.25) is 5.02 Å². The van der Waals surface area contributed by atoms with Crippen molar-refractivity contribution in [3.63, 3.8) is 0 Å². The van der Waals surface area contributed by atoms with Crippen molar-refractivity contribution in [2.75, 3.05) is 7.11 Å². The van der Waals surface area contributed by atoms with Crippen molar-refractivity contribution in [1.82, 2.24) is 10.4 Å². The van der Waals surface area contributed by atoms with Crippen LogP contribution >= 0.6 is 35.6 Å². The molecule has 1 aliphatic heterocycles. The lowest BCUT2D eigenvalue weighted by atomic mass is 10.1. The van der Waals surface area contributed by atoms with Crippen LogP contribution in [0.1, 0.15) is 26.3 Å². The Bertz CT molecular complexity index is 988. The summed E-state index contributed by atoms with van der Waals surface area (Å²) in [5.41, 5.74) is 3.96. The maximum absolute atomic E-state index is 12.6. The van der Waals surface area contributed by atoms with Gasteiger partial charge in [-0.25, -0.2) is 4.79 Å². The first-order valence-electron chi connectivity index (χ1n) is 7.92. The van der Waals surface area contributed by atoms with Crippen molar-refractivity contribution in [3.05, 3.63) is 75.1 Å². The van der Waals surface area contributed by atoms with Gasteiger partial charge in [0.2, 0.25) is 0 Å². The third kappa shape index (κ3) is 4.41. The molecule has 2 aromatic rings. The maximum Gasteiger partial charge on any atom is 0.337 e. The Labute approximate surface area is 175 Å². The molecule has 2 aromatic carbocycles. The van der Waals surface area contributed by atoms with E-state index in [1.54, 1.807) is 54.6 Å². The lowest BCUT2D eigenvalue weighted by molar-refractivity contribution is -0.123. The van der Waals surface area contributed by atoms with Crippen LogP contribution in [0, 0.1) is 0 Å². The van der Waals surface area contributed by atoms with E-state index in [9.17, 15) is 14.4 Å². The molecular weight excluding hydrogens is 420 g/mol. The number of benzene rings is 2. The van der Waals surface area contributed by atoms with Gasteiger partial charge in [0.25, 0.3) is 11.8 Å². The number of esters is 1. The first-order chi connectivity index (χ1) is 13.4. The zero-order chi connectivity index (χ0) is 20.3. The highest BCUT2D eigenvalue weighted by molar-refractivity contribution is 8.26. The fourth-order valence-corrected chi connectivity index (χ4v) is 3.62. The van der Waals surface area contributed by atoms with Gasteiger partial charge < -0.3 is 4.74 Å². The highest BCUT2D eigenvalue weighted by Crippen LogP contribution is 2.31. The van der Waals surface area contributed by atoms with E-state index in [4.69, 9.17) is 23.8 Å². The summed E-state index contributed by atoms with van der Waals surface area (Å²) in [5.74, 6) is -1.35. The Morgan fingerprint density at radius 1 is 1.11 bits per heavy atom. The Morgan fingerprint density at radius 2 is 1.71 bits per heavy atom. The van der Waals surface area contributed by atoms with Gasteiger partial charge in [-0.15, -0.1) is 0 Å². The summed E-state index contributed by atoms with van der Waals surface area (Å²) in [6, 6.07) is 12.8. The highest BCUT2D eigenvalue weighted by Gasteiger charge is 2.33. The second kappa shape index (κ2) is 8.55. The van der Waals surface area contributed by atoms with Crippen LogP contribution in [0.15, 0.2) is 53.4 Å². The second-order valence-electron chi connectivity index (χ2n) is 5.58. The molecule has 0 unspecified atom stereocenters. The van der Waals surface area contributed by atoms with E-state index in [0.717, 1.165) is 16.8 Å². The Morgan fingerprint density at radius 3 is 2.32 bits per heavy atom. The lowest BCUT2D eigenvalue weighted by Gasteiger charge is -2.15. The summed E-state index contributed by atoms with van der Waals surface area (Å²) < 4.78 is 4.86. The summed E-state index contributed by atoms with van der Waals surface area (Å²) in [7, 11) is 1.31. The van der Waals surface area contributed by atoms with E-state index < -0.39 is 17.8 Å². The molecule has 6 nitrogen and oxygen atoms in total. The largest absolute Gasteiger partial charge is 0.465 e. The molecule has 1 N–H and O–H groups in total. The minimum Gasteiger partial charge on any atom is -0.465 e. The van der Waals surface area contributed by atoms with Crippen LogP contribution in [0.4, 0.5) is 0 Å². The third-order valence-corrected chi connectivity index (χ3v) is 5.30. The summed E-state index contributed by atoms with van der Waals surface area (Å²) in [4.78, 5) is 36.8. The molecule has 1 saturated heterocycles. The van der Waals surface area contributed by atoms with Crippen LogP contribution in [0.3, 0.4) is 0 Å². The average Bonchev–Trinajstić information content (AvgIpc) is 2.95. The van der Waals surface area contributed by atoms with E-state index in [2.05, 4.69) is 10.2 Å². The predicted octanol–water partition coefficient (Wildman–Crippen LogP) is 3.67. The number of nitrogens with zero attached hydrogens (tertiary/aromatic N) is 1. The van der Waals surface area contributed by atoms with E-state index in [1.807, 2.05) is 0 Å². The minimum absolute atomic E-state index is 0.213. The van der Waals surface area contributed by atoms with Gasteiger partial charge >= 0.3 is 5.97 Å². The Kier molecular flexibility index (Phi) is 6.13. The minimum atomic E-state index is -0.475. The fraction of sp³-hybridized carbons (Fsp3) is 0.0526. The lowest BCUT2D eigenvalue weighted by Crippen LogP contribution is -2.44. The number of carbonyl (C=O) groups is 3. The van der Waals surface area contributed by atoms with E-state index in [1.165, 1.54) is 7.11 Å². The van der Waals surface area contributed by atoms with Crippen LogP contribution in [-0.4, -0.2) is 34.2 Å². The van der Waals surface area contributed by atoms with Crippen molar-refractivity contribution in [3.8, 4) is 0 Å². The number of carbonyl (C=O) groups excluding carboxylic acids is 3. The number of methoxy groups -OCH3 is 1. The zero-order valence-corrected chi connectivity index (χ0v) is 16.9. The molecule has 0 atom stereocenters. The highest BCUT2D eigenvalue weighted by atomic mass is 35.5. The molecule has 0 saturated carbocycles. The molecule has 1 fully saturated rings. The van der Waals surface area contributed by atoms with Crippen LogP contribution in [0.25, 0.3) is 6.08 Å². The molecule has 1 aliphatic rings. The molecule has 0 aromatic heterocycles. The number of rotatable bonds is 4. The third-order valence-electron chi connectivity index (χ3n) is 3.74. The number of halogens is 1. The number of hydrogen-bond donors (Lipinski definition) is 1. The molecule has 9 heteroatoms. The first kappa shape index (κ1) is 20.1. The van der Waals surface area contributed by atoms with Crippen molar-refractivity contribution in [1.29, 1.82) is 0 Å². The Hall–Kier alpha value is -2.68. The number of ether oxygens (including phenoxy) is 1. The number of amides is 2. The standard InChI is InChI=1S/C19H13ClN2O4S2/c1-26-18(25)13-4-2-11(3-5-13)10-15-17(24)22(19(27)28-15)21-16(23)12-6-8-14(20)9-7-12/h2-10H,1H3,(H,21,23)/b15-10-. The predicted molar refractivity (Wildman–Crippen MR) is 112 cm³/mol. The van der Waals surface area contributed by atoms with Gasteiger partial charge in [0.15, 0.2) is 4.32 Å². The van der Waals surface area contributed by atoms with E-state index >= 15 is 0 Å². The first-order valence-corrected chi connectivity index (χ1v) is 9.52. The summed E-state index contributed by atoms with van der Waals surface area (Å²) in [6.45, 7) is 0. The topological polar surface area (TPSA) is 75.7 Å². The Balaban J connectivity index is 1.74. The van der Waals surface area contributed by atoms with Gasteiger partial charge in [-0.05, 0) is 60.3 Å². The van der Waals surface area contributed by atoms with Gasteiger partial charge in [-0.2, -0.15) is 5.01 Å². The number of hydrazine groups is 1. The van der Waals surface area contributed by atoms with Gasteiger partial charge in [0.1, 0.15) is 0 Å². The van der Waals surface area contributed by atoms with Crippen LogP contribution in [-0.2, 0) is 9.53 Å². The normalized spacial score (nSPS) is 15.1. The molecule has 0 spiro atoms. The number of thiocarbonyl (C=S) groups is 1. The van der Waals surface area contributed by atoms with Gasteiger partial charge in [0.05, 0.1) is 17.6 Å². The molecule has 0 radical (unpaired) electrons. The van der Waals surface area contributed by atoms with Crippen LogP contribution in [0.5, 0.6) is 0 Å². The van der Waals surface area contributed by atoms with Crippen molar-refractivity contribution >= 4 is 63.8 Å². The second-order valence-corrected chi connectivity index (χ2v) is 7.69. The molecule has 1 heterocycles. The van der Waals surface area contributed by atoms with Gasteiger partial charge in [-0.3, -0.25) is 15.0 Å². The van der Waals surface area contributed by atoms with Gasteiger partial charge in [-0.1, -0.05) is 35.5 Å². The maximum atomic E-state index is 12.6. The smallest absolute Gasteiger partial charge is 0.337 e. The van der Waals surface area contributed by atoms with Crippen molar-refractivity contribution in [2.24, 2.45) is 0 Å². The van der Waals surface area contributed by atoms with Crippen molar-refractivity contribution in [2.45, 2.75) is 0 Å². The zero-order valence-electron chi connectivity index (χ0n) is 14.5. The van der Waals surface area contributed by atoms with E-state index in [0.29, 0.717) is 26.6 Å². The van der Waals surface area contributed by atoms with Gasteiger partial charge in [0, 0.05) is 10.6 Å². The van der Waals surface area contributed by atoms with Crippen LogP contribution < -0.4 is 5.43 Å².